The van der Waals surface area contributed by atoms with Gasteiger partial charge in [0.25, 0.3) is 0 Å². The van der Waals surface area contributed by atoms with Gasteiger partial charge in [-0.15, -0.1) is 0 Å². The lowest BCUT2D eigenvalue weighted by Crippen LogP contribution is -2.36. The number of hydrogen-bond acceptors (Lipinski definition) is 4. The van der Waals surface area contributed by atoms with Gasteiger partial charge in [-0.1, -0.05) is 43.3 Å². The van der Waals surface area contributed by atoms with E-state index in [9.17, 15) is 13.5 Å². The van der Waals surface area contributed by atoms with Gasteiger partial charge in [0.2, 0.25) is 10.0 Å². The van der Waals surface area contributed by atoms with Crippen LogP contribution in [0.5, 0.6) is 0 Å². The monoisotopic (exact) mass is 416 g/mol. The highest BCUT2D eigenvalue weighted by Gasteiger charge is 2.20. The Balaban J connectivity index is 1.63. The number of nitrogens with zero attached hydrogens (tertiary/aromatic N) is 1. The molecule has 5 nitrogen and oxygen atoms in total. The summed E-state index contributed by atoms with van der Waals surface area (Å²) in [7, 11) is -3.62. The Morgan fingerprint density at radius 1 is 1.10 bits per heavy atom. The lowest BCUT2D eigenvalue weighted by molar-refractivity contribution is 0.254. The van der Waals surface area contributed by atoms with E-state index in [1.807, 2.05) is 19.1 Å². The maximum atomic E-state index is 12.4. The van der Waals surface area contributed by atoms with E-state index in [2.05, 4.69) is 40.8 Å². The molecular formula is C23H32N2O3S. The third kappa shape index (κ3) is 5.66. The summed E-state index contributed by atoms with van der Waals surface area (Å²) < 4.78 is 27.4. The van der Waals surface area contributed by atoms with Crippen LogP contribution in [-0.2, 0) is 16.4 Å². The molecule has 2 aromatic carbocycles. The van der Waals surface area contributed by atoms with E-state index < -0.39 is 16.1 Å². The summed E-state index contributed by atoms with van der Waals surface area (Å²) in [4.78, 5) is 2.77. The second-order valence-corrected chi connectivity index (χ2v) is 9.62. The average molecular weight is 417 g/mol. The molecule has 0 radical (unpaired) electrons. The third-order valence-electron chi connectivity index (χ3n) is 5.87. The summed E-state index contributed by atoms with van der Waals surface area (Å²) in [6.45, 7) is 6.24. The molecule has 3 rings (SSSR count). The van der Waals surface area contributed by atoms with Crippen molar-refractivity contribution in [2.75, 3.05) is 19.7 Å². The molecule has 0 amide bonds. The number of aliphatic hydroxyl groups excluding tert-OH is 1. The SMILES string of the molecule is CCC(CO)NS(=O)(=O)c1ccc(-c2ccc(CCN3CCC[C@H]3C)cc2)cc1. The van der Waals surface area contributed by atoms with Crippen LogP contribution in [0.3, 0.4) is 0 Å². The summed E-state index contributed by atoms with van der Waals surface area (Å²) in [5.41, 5.74) is 3.38. The first-order valence-corrected chi connectivity index (χ1v) is 12.0. The van der Waals surface area contributed by atoms with Gasteiger partial charge in [-0.25, -0.2) is 13.1 Å². The number of aliphatic hydroxyl groups is 1. The zero-order chi connectivity index (χ0) is 20.9. The number of sulfonamides is 1. The van der Waals surface area contributed by atoms with Gasteiger partial charge in [-0.05, 0) is 68.0 Å². The molecule has 0 bridgehead atoms. The third-order valence-corrected chi connectivity index (χ3v) is 7.40. The van der Waals surface area contributed by atoms with Crippen LogP contribution in [0, 0.1) is 0 Å². The number of rotatable bonds is 9. The Hall–Kier alpha value is -1.73. The molecule has 0 aliphatic carbocycles. The van der Waals surface area contributed by atoms with Gasteiger partial charge in [0.15, 0.2) is 0 Å². The average Bonchev–Trinajstić information content (AvgIpc) is 3.15. The molecule has 0 spiro atoms. The number of benzene rings is 2. The van der Waals surface area contributed by atoms with Crippen molar-refractivity contribution >= 4 is 10.0 Å². The Bertz CT molecular complexity index is 875. The van der Waals surface area contributed by atoms with E-state index in [0.717, 1.165) is 24.1 Å². The normalized spacial score (nSPS) is 18.8. The molecule has 1 aliphatic rings. The molecule has 1 heterocycles. The first kappa shape index (κ1) is 22.0. The second-order valence-electron chi connectivity index (χ2n) is 7.91. The van der Waals surface area contributed by atoms with Crippen molar-refractivity contribution in [2.24, 2.45) is 0 Å². The summed E-state index contributed by atoms with van der Waals surface area (Å²) in [6.07, 6.45) is 4.20. The lowest BCUT2D eigenvalue weighted by Gasteiger charge is -2.20. The predicted octanol–water partition coefficient (Wildman–Crippen LogP) is 3.43. The molecule has 1 saturated heterocycles. The standard InChI is InChI=1S/C23H32N2O3S/c1-3-22(17-26)24-29(27,28)23-12-10-21(11-13-23)20-8-6-19(7-9-20)14-16-25-15-4-5-18(25)2/h6-13,18,22,24,26H,3-5,14-17H2,1-2H3/t18-,22?/m1/s1. The number of likely N-dealkylation sites (tertiary alicyclic amines) is 1. The van der Waals surface area contributed by atoms with Crippen LogP contribution in [-0.4, -0.2) is 50.2 Å². The first-order valence-electron chi connectivity index (χ1n) is 10.5. The highest BCUT2D eigenvalue weighted by molar-refractivity contribution is 7.89. The zero-order valence-electron chi connectivity index (χ0n) is 17.3. The van der Waals surface area contributed by atoms with Crippen LogP contribution in [0.4, 0.5) is 0 Å². The molecule has 2 N–H and O–H groups in total. The van der Waals surface area contributed by atoms with E-state index in [0.29, 0.717) is 12.5 Å². The van der Waals surface area contributed by atoms with Crippen molar-refractivity contribution in [1.82, 2.24) is 9.62 Å². The van der Waals surface area contributed by atoms with Gasteiger partial charge in [0.1, 0.15) is 0 Å². The van der Waals surface area contributed by atoms with Crippen molar-refractivity contribution in [3.8, 4) is 11.1 Å². The lowest BCUT2D eigenvalue weighted by atomic mass is 10.0. The molecule has 2 atom stereocenters. The van der Waals surface area contributed by atoms with Crippen LogP contribution < -0.4 is 4.72 Å². The van der Waals surface area contributed by atoms with Crippen molar-refractivity contribution < 1.29 is 13.5 Å². The molecule has 1 aliphatic heterocycles. The van der Waals surface area contributed by atoms with Crippen LogP contribution >= 0.6 is 0 Å². The van der Waals surface area contributed by atoms with Crippen molar-refractivity contribution in [2.45, 2.75) is 56.5 Å². The number of hydrogen-bond donors (Lipinski definition) is 2. The van der Waals surface area contributed by atoms with Gasteiger partial charge >= 0.3 is 0 Å². The van der Waals surface area contributed by atoms with Crippen molar-refractivity contribution in [3.63, 3.8) is 0 Å². The minimum Gasteiger partial charge on any atom is -0.395 e. The summed E-state index contributed by atoms with van der Waals surface area (Å²) in [5.74, 6) is 0. The fourth-order valence-electron chi connectivity index (χ4n) is 3.83. The molecule has 1 fully saturated rings. The molecule has 29 heavy (non-hydrogen) atoms. The molecule has 6 heteroatoms. The van der Waals surface area contributed by atoms with Gasteiger partial charge in [0, 0.05) is 18.6 Å². The van der Waals surface area contributed by atoms with Gasteiger partial charge in [0.05, 0.1) is 11.5 Å². The highest BCUT2D eigenvalue weighted by atomic mass is 32.2. The fourth-order valence-corrected chi connectivity index (χ4v) is 5.14. The molecule has 1 unspecified atom stereocenters. The van der Waals surface area contributed by atoms with E-state index in [4.69, 9.17) is 0 Å². The highest BCUT2D eigenvalue weighted by Crippen LogP contribution is 2.23. The quantitative estimate of drug-likeness (QED) is 0.657. The topological polar surface area (TPSA) is 69.6 Å². The molecule has 158 valence electrons. The van der Waals surface area contributed by atoms with E-state index >= 15 is 0 Å². The smallest absolute Gasteiger partial charge is 0.240 e. The summed E-state index contributed by atoms with van der Waals surface area (Å²) in [5, 5.41) is 9.23. The largest absolute Gasteiger partial charge is 0.395 e. The molecular weight excluding hydrogens is 384 g/mol. The van der Waals surface area contributed by atoms with Crippen LogP contribution in [0.1, 0.15) is 38.7 Å². The van der Waals surface area contributed by atoms with Crippen LogP contribution in [0.2, 0.25) is 0 Å². The zero-order valence-corrected chi connectivity index (χ0v) is 18.2. The minimum absolute atomic E-state index is 0.211. The Morgan fingerprint density at radius 2 is 1.72 bits per heavy atom. The Morgan fingerprint density at radius 3 is 2.24 bits per heavy atom. The van der Waals surface area contributed by atoms with Gasteiger partial charge in [-0.2, -0.15) is 0 Å². The van der Waals surface area contributed by atoms with E-state index in [1.54, 1.807) is 12.1 Å². The maximum Gasteiger partial charge on any atom is 0.240 e. The second kappa shape index (κ2) is 9.85. The van der Waals surface area contributed by atoms with E-state index in [-0.39, 0.29) is 11.5 Å². The summed E-state index contributed by atoms with van der Waals surface area (Å²) >= 11 is 0. The van der Waals surface area contributed by atoms with Crippen LogP contribution in [0.15, 0.2) is 53.4 Å². The van der Waals surface area contributed by atoms with Crippen molar-refractivity contribution in [3.05, 3.63) is 54.1 Å². The predicted molar refractivity (Wildman–Crippen MR) is 117 cm³/mol. The Labute approximate surface area is 174 Å². The van der Waals surface area contributed by atoms with E-state index in [1.165, 1.54) is 24.9 Å². The molecule has 2 aromatic rings. The van der Waals surface area contributed by atoms with Crippen LogP contribution in [0.25, 0.3) is 11.1 Å². The minimum atomic E-state index is -3.62. The summed E-state index contributed by atoms with van der Waals surface area (Å²) in [6, 6.07) is 15.6. The maximum absolute atomic E-state index is 12.4. The van der Waals surface area contributed by atoms with Gasteiger partial charge in [-0.3, -0.25) is 0 Å². The fraction of sp³-hybridized carbons (Fsp3) is 0.478. The van der Waals surface area contributed by atoms with Crippen molar-refractivity contribution in [1.29, 1.82) is 0 Å². The Kier molecular flexibility index (Phi) is 7.46. The molecule has 0 saturated carbocycles. The van der Waals surface area contributed by atoms with Gasteiger partial charge < -0.3 is 10.0 Å². The first-order chi connectivity index (χ1) is 13.9. The molecule has 0 aromatic heterocycles. The number of nitrogens with one attached hydrogen (secondary N) is 1.